The van der Waals surface area contributed by atoms with Gasteiger partial charge in [0.1, 0.15) is 0 Å². The molecule has 1 aliphatic heterocycles. The van der Waals surface area contributed by atoms with Gasteiger partial charge in [-0.05, 0) is 32.4 Å². The molecule has 0 aromatic carbocycles. The van der Waals surface area contributed by atoms with E-state index < -0.39 is 0 Å². The zero-order chi connectivity index (χ0) is 8.81. The molecule has 0 bridgehead atoms. The highest BCUT2D eigenvalue weighted by Crippen LogP contribution is 2.10. The summed E-state index contributed by atoms with van der Waals surface area (Å²) in [4.78, 5) is 2.39. The number of β-amino-alcohol motifs (C(OH)–C–C–N with tert-alkyl or cyclic N) is 1. The second kappa shape index (κ2) is 5.55. The minimum Gasteiger partial charge on any atom is -0.392 e. The molecule has 0 radical (unpaired) electrons. The van der Waals surface area contributed by atoms with Crippen molar-refractivity contribution in [1.29, 1.82) is 0 Å². The van der Waals surface area contributed by atoms with Gasteiger partial charge >= 0.3 is 0 Å². The summed E-state index contributed by atoms with van der Waals surface area (Å²) in [6.45, 7) is 5.51. The van der Waals surface area contributed by atoms with Crippen LogP contribution in [0.1, 0.15) is 39.0 Å². The summed E-state index contributed by atoms with van der Waals surface area (Å²) in [7, 11) is 0. The van der Waals surface area contributed by atoms with Crippen LogP contribution in [0, 0.1) is 0 Å². The Bertz CT molecular complexity index is 116. The van der Waals surface area contributed by atoms with Crippen molar-refractivity contribution in [2.24, 2.45) is 0 Å². The third-order valence-corrected chi connectivity index (χ3v) is 2.56. The third kappa shape index (κ3) is 3.55. The van der Waals surface area contributed by atoms with Crippen molar-refractivity contribution < 1.29 is 5.11 Å². The van der Waals surface area contributed by atoms with Gasteiger partial charge in [-0.25, -0.2) is 0 Å². The van der Waals surface area contributed by atoms with Crippen LogP contribution in [0.25, 0.3) is 0 Å². The first-order valence-electron chi connectivity index (χ1n) is 5.23. The average Bonchev–Trinajstić information content (AvgIpc) is 2.05. The minimum absolute atomic E-state index is 0.0552. The minimum atomic E-state index is -0.0552. The predicted octanol–water partition coefficient (Wildman–Crippen LogP) is 1.63. The molecule has 0 saturated carbocycles. The van der Waals surface area contributed by atoms with Crippen LogP contribution >= 0.6 is 0 Å². The molecule has 0 aromatic rings. The molecule has 0 amide bonds. The number of likely N-dealkylation sites (tertiary alicyclic amines) is 1. The maximum absolute atomic E-state index is 9.39. The molecule has 72 valence electrons. The summed E-state index contributed by atoms with van der Waals surface area (Å²) >= 11 is 0. The maximum atomic E-state index is 9.39. The zero-order valence-electron chi connectivity index (χ0n) is 8.13. The van der Waals surface area contributed by atoms with E-state index in [4.69, 9.17) is 0 Å². The molecule has 0 aliphatic carbocycles. The molecular weight excluding hydrogens is 150 g/mol. The molecule has 1 saturated heterocycles. The van der Waals surface area contributed by atoms with Gasteiger partial charge in [0.25, 0.3) is 0 Å². The fourth-order valence-corrected chi connectivity index (χ4v) is 1.82. The van der Waals surface area contributed by atoms with E-state index in [0.717, 1.165) is 13.0 Å². The molecule has 2 nitrogen and oxygen atoms in total. The second-order valence-electron chi connectivity index (χ2n) is 3.80. The van der Waals surface area contributed by atoms with Crippen LogP contribution in [0.3, 0.4) is 0 Å². The summed E-state index contributed by atoms with van der Waals surface area (Å²) < 4.78 is 0. The lowest BCUT2D eigenvalue weighted by atomic mass is 10.1. The van der Waals surface area contributed by atoms with E-state index in [-0.39, 0.29) is 6.10 Å². The Morgan fingerprint density at radius 1 is 1.42 bits per heavy atom. The van der Waals surface area contributed by atoms with Crippen molar-refractivity contribution in [3.63, 3.8) is 0 Å². The van der Waals surface area contributed by atoms with Crippen molar-refractivity contribution in [3.8, 4) is 0 Å². The molecule has 1 N–H and O–H groups in total. The molecule has 0 unspecified atom stereocenters. The Kier molecular flexibility index (Phi) is 4.62. The molecule has 1 fully saturated rings. The summed E-state index contributed by atoms with van der Waals surface area (Å²) in [6, 6.07) is 0. The Morgan fingerprint density at radius 3 is 2.92 bits per heavy atom. The van der Waals surface area contributed by atoms with Crippen LogP contribution in [-0.2, 0) is 0 Å². The van der Waals surface area contributed by atoms with Crippen LogP contribution in [0.5, 0.6) is 0 Å². The zero-order valence-corrected chi connectivity index (χ0v) is 8.13. The number of nitrogens with zero attached hydrogens (tertiary/aromatic N) is 1. The number of hydrogen-bond donors (Lipinski definition) is 1. The quantitative estimate of drug-likeness (QED) is 0.650. The Hall–Kier alpha value is -0.0800. The van der Waals surface area contributed by atoms with Crippen molar-refractivity contribution in [3.05, 3.63) is 0 Å². The normalized spacial score (nSPS) is 26.0. The Balaban J connectivity index is 2.06. The Labute approximate surface area is 75.6 Å². The molecular formula is C10H21NO. The maximum Gasteiger partial charge on any atom is 0.0667 e. The van der Waals surface area contributed by atoms with Crippen LogP contribution in [-0.4, -0.2) is 35.7 Å². The van der Waals surface area contributed by atoms with Gasteiger partial charge in [-0.15, -0.1) is 0 Å². The lowest BCUT2D eigenvalue weighted by Gasteiger charge is -2.29. The topological polar surface area (TPSA) is 23.5 Å². The first-order valence-corrected chi connectivity index (χ1v) is 5.23. The fourth-order valence-electron chi connectivity index (χ4n) is 1.82. The number of hydrogen-bond acceptors (Lipinski definition) is 2. The van der Waals surface area contributed by atoms with Crippen molar-refractivity contribution in [1.82, 2.24) is 4.90 Å². The summed E-state index contributed by atoms with van der Waals surface area (Å²) in [5, 5.41) is 9.39. The highest BCUT2D eigenvalue weighted by Gasteiger charge is 2.16. The van der Waals surface area contributed by atoms with Gasteiger partial charge in [0, 0.05) is 6.54 Å². The van der Waals surface area contributed by atoms with Crippen LogP contribution in [0.15, 0.2) is 0 Å². The van der Waals surface area contributed by atoms with Gasteiger partial charge in [-0.1, -0.05) is 19.8 Å². The molecule has 1 aliphatic rings. The van der Waals surface area contributed by atoms with E-state index in [2.05, 4.69) is 11.8 Å². The van der Waals surface area contributed by atoms with E-state index in [1.165, 1.54) is 38.8 Å². The van der Waals surface area contributed by atoms with Crippen molar-refractivity contribution in [2.45, 2.75) is 45.1 Å². The van der Waals surface area contributed by atoms with Crippen molar-refractivity contribution >= 4 is 0 Å². The number of piperidine rings is 1. The van der Waals surface area contributed by atoms with Gasteiger partial charge in [0.15, 0.2) is 0 Å². The van der Waals surface area contributed by atoms with Gasteiger partial charge < -0.3 is 10.0 Å². The van der Waals surface area contributed by atoms with E-state index in [9.17, 15) is 5.11 Å². The number of aliphatic hydroxyl groups excluding tert-OH is 1. The van der Waals surface area contributed by atoms with Gasteiger partial charge in [0.2, 0.25) is 0 Å². The first kappa shape index (κ1) is 10.0. The highest BCUT2D eigenvalue weighted by molar-refractivity contribution is 4.71. The number of rotatable bonds is 4. The SMILES string of the molecule is CCCCCN1CCC[C@H](O)C1. The van der Waals surface area contributed by atoms with Gasteiger partial charge in [-0.3, -0.25) is 0 Å². The standard InChI is InChI=1S/C10H21NO/c1-2-3-4-7-11-8-5-6-10(12)9-11/h10,12H,2-9H2,1H3/t10-/m0/s1. The molecule has 12 heavy (non-hydrogen) atoms. The molecule has 0 aromatic heterocycles. The lowest BCUT2D eigenvalue weighted by molar-refractivity contribution is 0.0699. The van der Waals surface area contributed by atoms with Crippen LogP contribution in [0.2, 0.25) is 0 Å². The summed E-state index contributed by atoms with van der Waals surface area (Å²) in [6.07, 6.45) is 6.03. The Morgan fingerprint density at radius 2 is 2.25 bits per heavy atom. The van der Waals surface area contributed by atoms with Crippen molar-refractivity contribution in [2.75, 3.05) is 19.6 Å². The van der Waals surface area contributed by atoms with Gasteiger partial charge in [0.05, 0.1) is 6.10 Å². The van der Waals surface area contributed by atoms with Gasteiger partial charge in [-0.2, -0.15) is 0 Å². The third-order valence-electron chi connectivity index (χ3n) is 2.56. The predicted molar refractivity (Wildman–Crippen MR) is 51.2 cm³/mol. The van der Waals surface area contributed by atoms with E-state index >= 15 is 0 Å². The first-order chi connectivity index (χ1) is 5.83. The van der Waals surface area contributed by atoms with Crippen LogP contribution < -0.4 is 0 Å². The smallest absolute Gasteiger partial charge is 0.0667 e. The summed E-state index contributed by atoms with van der Waals surface area (Å²) in [5.41, 5.74) is 0. The average molecular weight is 171 g/mol. The van der Waals surface area contributed by atoms with E-state index in [0.29, 0.717) is 0 Å². The largest absolute Gasteiger partial charge is 0.392 e. The molecule has 1 heterocycles. The number of aliphatic hydroxyl groups is 1. The highest BCUT2D eigenvalue weighted by atomic mass is 16.3. The second-order valence-corrected chi connectivity index (χ2v) is 3.80. The van der Waals surface area contributed by atoms with E-state index in [1.807, 2.05) is 0 Å². The summed E-state index contributed by atoms with van der Waals surface area (Å²) in [5.74, 6) is 0. The lowest BCUT2D eigenvalue weighted by Crippen LogP contribution is -2.38. The molecule has 2 heteroatoms. The molecule has 1 rings (SSSR count). The fraction of sp³-hybridized carbons (Fsp3) is 1.00. The monoisotopic (exact) mass is 171 g/mol. The molecule has 1 atom stereocenters. The van der Waals surface area contributed by atoms with Crippen LogP contribution in [0.4, 0.5) is 0 Å². The number of unbranched alkanes of at least 4 members (excludes halogenated alkanes) is 2. The molecule has 0 spiro atoms. The van der Waals surface area contributed by atoms with E-state index in [1.54, 1.807) is 0 Å².